The van der Waals surface area contributed by atoms with Crippen LogP contribution in [0.15, 0.2) is 41.4 Å². The van der Waals surface area contributed by atoms with Crippen molar-refractivity contribution in [1.82, 2.24) is 14.3 Å². The molecule has 4 rings (SSSR count). The van der Waals surface area contributed by atoms with Gasteiger partial charge < -0.3 is 9.64 Å². The first-order valence-electron chi connectivity index (χ1n) is 10.1. The summed E-state index contributed by atoms with van der Waals surface area (Å²) in [5.74, 6) is 1.46. The van der Waals surface area contributed by atoms with Gasteiger partial charge in [0.25, 0.3) is 5.19 Å². The molecule has 8 heteroatoms. The molecule has 1 heterocycles. The Balaban J connectivity index is 1.52. The van der Waals surface area contributed by atoms with Crippen molar-refractivity contribution in [3.8, 4) is 10.9 Å². The number of hydrogen-bond acceptors (Lipinski definition) is 5. The van der Waals surface area contributed by atoms with E-state index in [0.29, 0.717) is 27.7 Å². The molecule has 1 aliphatic rings. The molecule has 31 heavy (non-hydrogen) atoms. The Bertz CT molecular complexity index is 1110. The Morgan fingerprint density at radius 3 is 2.55 bits per heavy atom. The largest absolute Gasteiger partial charge is 0.430 e. The molecule has 1 aliphatic carbocycles. The third-order valence-electron chi connectivity index (χ3n) is 5.62. The lowest BCUT2D eigenvalue weighted by atomic mass is 9.95. The molecule has 0 bridgehead atoms. The minimum Gasteiger partial charge on any atom is -0.430 e. The van der Waals surface area contributed by atoms with E-state index in [2.05, 4.69) is 40.3 Å². The Hall–Kier alpha value is -2.15. The third-order valence-corrected chi connectivity index (χ3v) is 6.77. The van der Waals surface area contributed by atoms with Crippen molar-refractivity contribution in [2.75, 3.05) is 7.05 Å². The third kappa shape index (κ3) is 4.71. The molecule has 0 saturated heterocycles. The summed E-state index contributed by atoms with van der Waals surface area (Å²) in [6, 6.07) is 12.0. The van der Waals surface area contributed by atoms with Gasteiger partial charge in [-0.05, 0) is 62.9 Å². The molecule has 0 unspecified atom stereocenters. The van der Waals surface area contributed by atoms with E-state index in [-0.39, 0.29) is 5.41 Å². The van der Waals surface area contributed by atoms with Crippen molar-refractivity contribution in [1.29, 1.82) is 0 Å². The van der Waals surface area contributed by atoms with Crippen LogP contribution in [0.2, 0.25) is 10.0 Å². The van der Waals surface area contributed by atoms with Crippen molar-refractivity contribution in [3.63, 3.8) is 0 Å². The Morgan fingerprint density at radius 2 is 1.90 bits per heavy atom. The maximum atomic E-state index is 6.46. The van der Waals surface area contributed by atoms with Gasteiger partial charge in [0, 0.05) is 35.7 Å². The van der Waals surface area contributed by atoms with Gasteiger partial charge in [-0.15, -0.1) is 0 Å². The summed E-state index contributed by atoms with van der Waals surface area (Å²) in [5.41, 5.74) is 2.70. The zero-order valence-corrected chi connectivity index (χ0v) is 20.2. The van der Waals surface area contributed by atoms with E-state index in [4.69, 9.17) is 27.9 Å². The Kier molecular flexibility index (Phi) is 6.24. The number of rotatable bonds is 7. The van der Waals surface area contributed by atoms with Crippen molar-refractivity contribution >= 4 is 46.8 Å². The fraction of sp³-hybridized carbons (Fsp3) is 0.348. The van der Waals surface area contributed by atoms with Crippen LogP contribution in [0.3, 0.4) is 0 Å². The summed E-state index contributed by atoms with van der Waals surface area (Å²) in [4.78, 5) is 11.2. The summed E-state index contributed by atoms with van der Waals surface area (Å²) in [6.07, 6.45) is 3.83. The lowest BCUT2D eigenvalue weighted by molar-refractivity contribution is 0.429. The van der Waals surface area contributed by atoms with Crippen LogP contribution in [0, 0.1) is 6.92 Å². The fourth-order valence-electron chi connectivity index (χ4n) is 3.22. The number of aryl methyl sites for hydroxylation is 1. The van der Waals surface area contributed by atoms with Gasteiger partial charge in [-0.2, -0.15) is 9.36 Å². The van der Waals surface area contributed by atoms with E-state index < -0.39 is 0 Å². The molecule has 1 fully saturated rings. The normalized spacial score (nSPS) is 14.9. The summed E-state index contributed by atoms with van der Waals surface area (Å²) in [7, 11) is 1.98. The molecule has 0 N–H and O–H groups in total. The molecule has 0 radical (unpaired) electrons. The smallest absolute Gasteiger partial charge is 0.298 e. The molecule has 0 spiro atoms. The second kappa shape index (κ2) is 8.77. The number of halogens is 2. The number of ether oxygens (including phenoxy) is 1. The van der Waals surface area contributed by atoms with Gasteiger partial charge >= 0.3 is 0 Å². The van der Waals surface area contributed by atoms with Gasteiger partial charge in [-0.25, -0.2) is 4.99 Å². The molecule has 0 atom stereocenters. The van der Waals surface area contributed by atoms with Crippen LogP contribution in [-0.4, -0.2) is 33.7 Å². The van der Waals surface area contributed by atoms with Gasteiger partial charge in [-0.1, -0.05) is 35.3 Å². The van der Waals surface area contributed by atoms with Gasteiger partial charge in [0.05, 0.1) is 22.5 Å². The van der Waals surface area contributed by atoms with Crippen LogP contribution in [0.25, 0.3) is 0 Å². The Labute approximate surface area is 196 Å². The average Bonchev–Trinajstić information content (AvgIpc) is 3.41. The van der Waals surface area contributed by atoms with Crippen LogP contribution in [0.5, 0.6) is 10.9 Å². The molecule has 5 nitrogen and oxygen atoms in total. The molecular weight excluding hydrogens is 451 g/mol. The predicted molar refractivity (Wildman–Crippen MR) is 129 cm³/mol. The lowest BCUT2D eigenvalue weighted by Crippen LogP contribution is -2.24. The lowest BCUT2D eigenvalue weighted by Gasteiger charge is -2.17. The van der Waals surface area contributed by atoms with E-state index in [1.54, 1.807) is 12.4 Å². The zero-order valence-electron chi connectivity index (χ0n) is 17.9. The summed E-state index contributed by atoms with van der Waals surface area (Å²) in [6.45, 7) is 6.17. The van der Waals surface area contributed by atoms with E-state index in [0.717, 1.165) is 29.3 Å². The van der Waals surface area contributed by atoms with Gasteiger partial charge in [0.1, 0.15) is 5.75 Å². The number of aliphatic imine (C=N–C) groups is 1. The molecular formula is C23H24Cl2N4OS. The monoisotopic (exact) mass is 474 g/mol. The van der Waals surface area contributed by atoms with Crippen LogP contribution in [0.1, 0.15) is 43.6 Å². The maximum absolute atomic E-state index is 6.46. The molecule has 3 aromatic rings. The minimum absolute atomic E-state index is 0.129. The maximum Gasteiger partial charge on any atom is 0.298 e. The van der Waals surface area contributed by atoms with Gasteiger partial charge in [0.2, 0.25) is 0 Å². The van der Waals surface area contributed by atoms with Gasteiger partial charge in [-0.3, -0.25) is 0 Å². The standard InChI is InChI=1S/C23H24Cl2N4OS/c1-14(2)29(4)13-26-19-11-15(3)20(12-18(19)25)30-22-27-21(28-31-22)23(9-10-23)16-5-7-17(24)8-6-16/h5-8,11-14H,9-10H2,1-4H3/b26-13-. The van der Waals surface area contributed by atoms with E-state index in [9.17, 15) is 0 Å². The quantitative estimate of drug-likeness (QED) is 0.272. The first-order valence-corrected chi connectivity index (χ1v) is 11.7. The van der Waals surface area contributed by atoms with Crippen LogP contribution in [-0.2, 0) is 5.41 Å². The molecule has 0 amide bonds. The zero-order chi connectivity index (χ0) is 22.2. The van der Waals surface area contributed by atoms with Crippen molar-refractivity contribution in [2.24, 2.45) is 4.99 Å². The second-order valence-electron chi connectivity index (χ2n) is 8.15. The summed E-state index contributed by atoms with van der Waals surface area (Å²) < 4.78 is 10.6. The molecule has 1 saturated carbocycles. The second-order valence-corrected chi connectivity index (χ2v) is 9.71. The van der Waals surface area contributed by atoms with Crippen molar-refractivity contribution in [3.05, 3.63) is 63.4 Å². The molecule has 2 aromatic carbocycles. The summed E-state index contributed by atoms with van der Waals surface area (Å²) >= 11 is 13.8. The van der Waals surface area contributed by atoms with Gasteiger partial charge in [0.15, 0.2) is 5.82 Å². The highest BCUT2D eigenvalue weighted by molar-refractivity contribution is 7.07. The highest BCUT2D eigenvalue weighted by Gasteiger charge is 2.49. The van der Waals surface area contributed by atoms with Crippen LogP contribution >= 0.6 is 34.7 Å². The van der Waals surface area contributed by atoms with Crippen LogP contribution in [0.4, 0.5) is 5.69 Å². The first-order chi connectivity index (χ1) is 14.8. The molecule has 1 aromatic heterocycles. The van der Waals surface area contributed by atoms with Crippen molar-refractivity contribution in [2.45, 2.75) is 45.1 Å². The van der Waals surface area contributed by atoms with E-state index in [1.807, 2.05) is 37.1 Å². The minimum atomic E-state index is -0.129. The van der Waals surface area contributed by atoms with E-state index >= 15 is 0 Å². The molecule has 162 valence electrons. The van der Waals surface area contributed by atoms with Crippen molar-refractivity contribution < 1.29 is 4.74 Å². The SMILES string of the molecule is Cc1cc(/N=C\N(C)C(C)C)c(Cl)cc1Oc1nc(C2(c3ccc(Cl)cc3)CC2)ns1. The van der Waals surface area contributed by atoms with Crippen LogP contribution < -0.4 is 4.74 Å². The topological polar surface area (TPSA) is 50.6 Å². The highest BCUT2D eigenvalue weighted by atomic mass is 35.5. The predicted octanol–water partition coefficient (Wildman–Crippen LogP) is 7.03. The number of nitrogens with zero attached hydrogens (tertiary/aromatic N) is 4. The van der Waals surface area contributed by atoms with E-state index in [1.165, 1.54) is 17.1 Å². The molecule has 0 aliphatic heterocycles. The number of benzene rings is 2. The number of hydrogen-bond donors (Lipinski definition) is 0. The fourth-order valence-corrected chi connectivity index (χ4v) is 4.18. The highest BCUT2D eigenvalue weighted by Crippen LogP contribution is 2.53. The first kappa shape index (κ1) is 22.1. The summed E-state index contributed by atoms with van der Waals surface area (Å²) in [5, 5.41) is 1.76. The Morgan fingerprint density at radius 1 is 1.19 bits per heavy atom. The number of aromatic nitrogens is 2. The average molecular weight is 475 g/mol.